The van der Waals surface area contributed by atoms with Gasteiger partial charge in [-0.2, -0.15) is 0 Å². The smallest absolute Gasteiger partial charge is 0.293 e. The normalized spacial score (nSPS) is 19.6. The Morgan fingerprint density at radius 2 is 1.81 bits per heavy atom. The van der Waals surface area contributed by atoms with Gasteiger partial charge in [0.15, 0.2) is 0 Å². The second-order valence-corrected chi connectivity index (χ2v) is 8.38. The number of hydrogen-bond donors (Lipinski definition) is 0. The van der Waals surface area contributed by atoms with Crippen LogP contribution in [-0.2, 0) is 11.3 Å². The topological polar surface area (TPSA) is 42.3 Å². The lowest BCUT2D eigenvalue weighted by Crippen LogP contribution is -2.27. The van der Waals surface area contributed by atoms with Gasteiger partial charge in [0.2, 0.25) is 0 Å². The van der Waals surface area contributed by atoms with E-state index < -0.39 is 0 Å². The molecular weight excluding hydrogens is 356 g/mol. The highest BCUT2D eigenvalue weighted by atomic mass is 32.2. The fourth-order valence-electron chi connectivity index (χ4n) is 4.22. The minimum Gasteiger partial charge on any atom is -0.346 e. The molecular formula is C22H24N2O2S. The van der Waals surface area contributed by atoms with Gasteiger partial charge < -0.3 is 4.57 Å². The standard InChI is InChI=1S/C22H24N2O2S/c1-15-12-18(16(2)24(15)19-10-6-7-11-19)13-20-21(25)23(22(26)27-20)14-17-8-4-3-5-9-17/h3-5,8-9,12-13,19H,6-7,10-11,14H2,1-2H3/b20-13-. The van der Waals surface area contributed by atoms with Gasteiger partial charge in [0.1, 0.15) is 0 Å². The van der Waals surface area contributed by atoms with Crippen molar-refractivity contribution >= 4 is 29.0 Å². The van der Waals surface area contributed by atoms with E-state index in [-0.39, 0.29) is 11.1 Å². The third-order valence-corrected chi connectivity index (χ3v) is 6.46. The number of benzene rings is 1. The Balaban J connectivity index is 1.59. The first-order chi connectivity index (χ1) is 13.0. The molecule has 140 valence electrons. The number of nitrogens with zero attached hydrogens (tertiary/aromatic N) is 2. The number of amides is 2. The van der Waals surface area contributed by atoms with E-state index in [1.165, 1.54) is 42.0 Å². The lowest BCUT2D eigenvalue weighted by Gasteiger charge is -2.17. The first-order valence-corrected chi connectivity index (χ1v) is 10.3. The summed E-state index contributed by atoms with van der Waals surface area (Å²) in [5, 5.41) is -0.195. The number of thioether (sulfide) groups is 1. The molecule has 2 amide bonds. The SMILES string of the molecule is Cc1cc(/C=C2\SC(=O)N(Cc3ccccc3)C2=O)c(C)n1C1CCCC1. The van der Waals surface area contributed by atoms with Gasteiger partial charge >= 0.3 is 0 Å². The van der Waals surface area contributed by atoms with Crippen LogP contribution in [0.2, 0.25) is 0 Å². The predicted molar refractivity (Wildman–Crippen MR) is 109 cm³/mol. The average molecular weight is 381 g/mol. The third kappa shape index (κ3) is 3.48. The van der Waals surface area contributed by atoms with Gasteiger partial charge in [0, 0.05) is 17.4 Å². The van der Waals surface area contributed by atoms with E-state index in [1.807, 2.05) is 36.4 Å². The van der Waals surface area contributed by atoms with E-state index in [9.17, 15) is 9.59 Å². The van der Waals surface area contributed by atoms with Crippen LogP contribution in [0.5, 0.6) is 0 Å². The van der Waals surface area contributed by atoms with Crippen molar-refractivity contribution in [1.29, 1.82) is 0 Å². The van der Waals surface area contributed by atoms with Gasteiger partial charge in [-0.05, 0) is 61.7 Å². The van der Waals surface area contributed by atoms with Crippen molar-refractivity contribution in [2.24, 2.45) is 0 Å². The number of aryl methyl sites for hydroxylation is 1. The Hall–Kier alpha value is -2.27. The largest absolute Gasteiger partial charge is 0.346 e. The summed E-state index contributed by atoms with van der Waals surface area (Å²) >= 11 is 1.04. The van der Waals surface area contributed by atoms with E-state index >= 15 is 0 Å². The van der Waals surface area contributed by atoms with E-state index in [0.717, 1.165) is 22.9 Å². The predicted octanol–water partition coefficient (Wildman–Crippen LogP) is 5.46. The summed E-state index contributed by atoms with van der Waals surface area (Å²) in [7, 11) is 0. The highest BCUT2D eigenvalue weighted by molar-refractivity contribution is 8.18. The van der Waals surface area contributed by atoms with Crippen molar-refractivity contribution in [3.63, 3.8) is 0 Å². The maximum atomic E-state index is 12.8. The molecule has 1 aromatic heterocycles. The zero-order valence-electron chi connectivity index (χ0n) is 15.8. The molecule has 27 heavy (non-hydrogen) atoms. The Morgan fingerprint density at radius 3 is 2.52 bits per heavy atom. The Kier molecular flexibility index (Phi) is 4.96. The third-order valence-electron chi connectivity index (χ3n) is 5.56. The van der Waals surface area contributed by atoms with Crippen molar-refractivity contribution in [3.8, 4) is 0 Å². The minimum absolute atomic E-state index is 0.195. The van der Waals surface area contributed by atoms with Crippen molar-refractivity contribution in [1.82, 2.24) is 9.47 Å². The molecule has 0 unspecified atom stereocenters. The van der Waals surface area contributed by atoms with Gasteiger partial charge in [0.05, 0.1) is 11.4 Å². The number of rotatable bonds is 4. The first-order valence-electron chi connectivity index (χ1n) is 9.52. The van der Waals surface area contributed by atoms with Crippen molar-refractivity contribution in [2.75, 3.05) is 0 Å². The second-order valence-electron chi connectivity index (χ2n) is 7.39. The van der Waals surface area contributed by atoms with Gasteiger partial charge in [-0.25, -0.2) is 0 Å². The van der Waals surface area contributed by atoms with Crippen molar-refractivity contribution in [2.45, 2.75) is 52.1 Å². The molecule has 2 fully saturated rings. The second kappa shape index (κ2) is 7.39. The number of imide groups is 1. The molecule has 1 aliphatic heterocycles. The van der Waals surface area contributed by atoms with Gasteiger partial charge in [-0.1, -0.05) is 43.2 Å². The quantitative estimate of drug-likeness (QED) is 0.662. The molecule has 2 aromatic rings. The van der Waals surface area contributed by atoms with E-state index in [1.54, 1.807) is 0 Å². The lowest BCUT2D eigenvalue weighted by molar-refractivity contribution is -0.123. The minimum atomic E-state index is -0.195. The van der Waals surface area contributed by atoms with Crippen LogP contribution < -0.4 is 0 Å². The summed E-state index contributed by atoms with van der Waals surface area (Å²) in [6, 6.07) is 12.3. The molecule has 0 spiro atoms. The molecule has 0 bridgehead atoms. The van der Waals surface area contributed by atoms with Crippen LogP contribution in [0.25, 0.3) is 6.08 Å². The highest BCUT2D eigenvalue weighted by Gasteiger charge is 2.35. The molecule has 0 N–H and O–H groups in total. The van der Waals surface area contributed by atoms with Crippen molar-refractivity contribution < 1.29 is 9.59 Å². The van der Waals surface area contributed by atoms with Gasteiger partial charge in [-0.15, -0.1) is 0 Å². The van der Waals surface area contributed by atoms with Crippen LogP contribution in [0, 0.1) is 13.8 Å². The fraction of sp³-hybridized carbons (Fsp3) is 0.364. The molecule has 1 saturated heterocycles. The molecule has 4 rings (SSSR count). The molecule has 2 heterocycles. The molecule has 1 aromatic carbocycles. The van der Waals surface area contributed by atoms with E-state index in [4.69, 9.17) is 0 Å². The lowest BCUT2D eigenvalue weighted by atomic mass is 10.2. The van der Waals surface area contributed by atoms with Crippen LogP contribution in [-0.4, -0.2) is 20.6 Å². The maximum Gasteiger partial charge on any atom is 0.293 e. The summed E-state index contributed by atoms with van der Waals surface area (Å²) in [5.74, 6) is -0.195. The zero-order chi connectivity index (χ0) is 19.0. The number of carbonyl (C=O) groups excluding carboxylic acids is 2. The summed E-state index contributed by atoms with van der Waals surface area (Å²) in [5.41, 5.74) is 4.42. The highest BCUT2D eigenvalue weighted by Crippen LogP contribution is 2.37. The molecule has 1 saturated carbocycles. The number of aromatic nitrogens is 1. The van der Waals surface area contributed by atoms with Crippen LogP contribution in [0.15, 0.2) is 41.3 Å². The zero-order valence-corrected chi connectivity index (χ0v) is 16.6. The van der Waals surface area contributed by atoms with Crippen LogP contribution in [0.4, 0.5) is 4.79 Å². The van der Waals surface area contributed by atoms with Gasteiger partial charge in [0.25, 0.3) is 11.1 Å². The summed E-state index contributed by atoms with van der Waals surface area (Å²) in [6.45, 7) is 4.57. The molecule has 2 aliphatic rings. The maximum absolute atomic E-state index is 12.8. The molecule has 1 aliphatic carbocycles. The summed E-state index contributed by atoms with van der Waals surface area (Å²) < 4.78 is 2.41. The van der Waals surface area contributed by atoms with Crippen molar-refractivity contribution in [3.05, 3.63) is 63.8 Å². The molecule has 0 atom stereocenters. The number of hydrogen-bond acceptors (Lipinski definition) is 3. The van der Waals surface area contributed by atoms with Gasteiger partial charge in [-0.3, -0.25) is 14.5 Å². The Labute approximate surface area is 164 Å². The summed E-state index contributed by atoms with van der Waals surface area (Å²) in [6.07, 6.45) is 6.92. The first kappa shape index (κ1) is 18.1. The summed E-state index contributed by atoms with van der Waals surface area (Å²) in [4.78, 5) is 27.0. The fourth-order valence-corrected chi connectivity index (χ4v) is 5.05. The van der Waals surface area contributed by atoms with Crippen LogP contribution >= 0.6 is 11.8 Å². The molecule has 5 heteroatoms. The number of carbonyl (C=O) groups is 2. The Bertz CT molecular complexity index is 908. The van der Waals surface area contributed by atoms with Crippen LogP contribution in [0.1, 0.15) is 54.2 Å². The monoisotopic (exact) mass is 380 g/mol. The Morgan fingerprint density at radius 1 is 1.11 bits per heavy atom. The van der Waals surface area contributed by atoms with Crippen LogP contribution in [0.3, 0.4) is 0 Å². The molecule has 4 nitrogen and oxygen atoms in total. The molecule has 0 radical (unpaired) electrons. The van der Waals surface area contributed by atoms with E-state index in [2.05, 4.69) is 24.5 Å². The average Bonchev–Trinajstić information content (AvgIpc) is 3.33. The van der Waals surface area contributed by atoms with E-state index in [0.29, 0.717) is 17.5 Å².